The molecule has 1 saturated heterocycles. The number of benzene rings is 1. The molecule has 1 aromatic carbocycles. The van der Waals surface area contributed by atoms with Crippen LogP contribution in [0.15, 0.2) is 36.5 Å². The number of nitrogens with one attached hydrogen (secondary N) is 1. The van der Waals surface area contributed by atoms with E-state index in [1.165, 1.54) is 29.3 Å². The lowest BCUT2D eigenvalue weighted by Crippen LogP contribution is -2.49. The molecule has 1 aromatic heterocycles. The van der Waals surface area contributed by atoms with Crippen molar-refractivity contribution in [2.75, 3.05) is 18.1 Å². The average molecular weight is 445 g/mol. The third-order valence-corrected chi connectivity index (χ3v) is 6.08. The summed E-state index contributed by atoms with van der Waals surface area (Å²) in [6.45, 7) is 3.69. The Labute approximate surface area is 184 Å². The number of carbonyl (C=O) groups is 2. The summed E-state index contributed by atoms with van der Waals surface area (Å²) < 4.78 is 35.1. The third-order valence-electron chi connectivity index (χ3n) is 6.08. The first kappa shape index (κ1) is 22.1. The first-order valence-corrected chi connectivity index (χ1v) is 10.4. The minimum absolute atomic E-state index is 0.0507. The monoisotopic (exact) mass is 445 g/mol. The molecule has 7 nitrogen and oxygen atoms in total. The van der Waals surface area contributed by atoms with Crippen LogP contribution in [-0.4, -0.2) is 42.2 Å². The largest absolute Gasteiger partial charge is 0.435 e. The molecule has 0 spiro atoms. The van der Waals surface area contributed by atoms with Gasteiger partial charge in [0.2, 0.25) is 5.91 Å². The molecule has 1 N–H and O–H groups in total. The highest BCUT2D eigenvalue weighted by Gasteiger charge is 2.45. The van der Waals surface area contributed by atoms with E-state index in [1.807, 2.05) is 6.92 Å². The van der Waals surface area contributed by atoms with E-state index in [0.717, 1.165) is 0 Å². The highest BCUT2D eigenvalue weighted by Crippen LogP contribution is 2.45. The zero-order valence-electron chi connectivity index (χ0n) is 18.2. The highest BCUT2D eigenvalue weighted by molar-refractivity contribution is 6.13. The molecule has 0 bridgehead atoms. The van der Waals surface area contributed by atoms with Crippen LogP contribution in [0, 0.1) is 0 Å². The van der Waals surface area contributed by atoms with E-state index in [-0.39, 0.29) is 28.8 Å². The van der Waals surface area contributed by atoms with Gasteiger partial charge in [-0.05, 0) is 57.4 Å². The number of halogens is 2. The summed E-state index contributed by atoms with van der Waals surface area (Å²) in [6, 6.07) is 7.57. The molecule has 0 radical (unpaired) electrons. The van der Waals surface area contributed by atoms with Gasteiger partial charge in [-0.1, -0.05) is 6.07 Å². The highest BCUT2D eigenvalue weighted by atomic mass is 19.3. The zero-order valence-corrected chi connectivity index (χ0v) is 18.2. The number of amides is 2. The van der Waals surface area contributed by atoms with Crippen molar-refractivity contribution in [2.45, 2.75) is 51.2 Å². The molecule has 0 unspecified atom stereocenters. The van der Waals surface area contributed by atoms with Gasteiger partial charge in [0.05, 0.1) is 23.0 Å². The predicted molar refractivity (Wildman–Crippen MR) is 113 cm³/mol. The van der Waals surface area contributed by atoms with Gasteiger partial charge >= 0.3 is 6.61 Å². The van der Waals surface area contributed by atoms with Gasteiger partial charge in [-0.3, -0.25) is 14.5 Å². The van der Waals surface area contributed by atoms with Crippen molar-refractivity contribution in [1.82, 2.24) is 10.3 Å². The fourth-order valence-corrected chi connectivity index (χ4v) is 4.10. The minimum Gasteiger partial charge on any atom is -0.435 e. The molecule has 2 amide bonds. The number of hydrogen-bond donors (Lipinski definition) is 1. The number of pyridine rings is 1. The second-order valence-electron chi connectivity index (χ2n) is 8.86. The Morgan fingerprint density at radius 3 is 2.62 bits per heavy atom. The second-order valence-corrected chi connectivity index (χ2v) is 8.86. The van der Waals surface area contributed by atoms with Crippen LogP contribution in [0.5, 0.6) is 5.75 Å². The molecule has 3 heterocycles. The minimum atomic E-state index is -2.97. The van der Waals surface area contributed by atoms with Crippen molar-refractivity contribution in [3.05, 3.63) is 47.8 Å². The number of fused-ring (bicyclic) bond motifs is 1. The molecule has 9 heteroatoms. The van der Waals surface area contributed by atoms with Crippen LogP contribution in [0.25, 0.3) is 0 Å². The number of alkyl halides is 2. The molecule has 32 heavy (non-hydrogen) atoms. The SMILES string of the molecule is CC1(NC(=O)c2cc3c(cn2)N(c2cccc(OC(F)F)c2)C(=O)C3(C)C)CCOCC1. The molecule has 0 atom stereocenters. The lowest BCUT2D eigenvalue weighted by molar-refractivity contribution is -0.121. The standard InChI is InChI=1S/C23H25F2N3O4/c1-22(2)16-12-17(19(29)27-23(3)7-9-31-10-8-23)26-13-18(16)28(20(22)30)14-5-4-6-15(11-14)32-21(24)25/h4-6,11-13,21H,7-10H2,1-3H3,(H,27,29). The number of hydrogen-bond acceptors (Lipinski definition) is 5. The molecule has 1 fully saturated rings. The maximum atomic E-state index is 13.3. The van der Waals surface area contributed by atoms with E-state index in [2.05, 4.69) is 15.0 Å². The topological polar surface area (TPSA) is 80.8 Å². The summed E-state index contributed by atoms with van der Waals surface area (Å²) in [5.74, 6) is -0.617. The first-order chi connectivity index (χ1) is 15.1. The molecule has 0 aliphatic carbocycles. The molecular formula is C23H25F2N3O4. The van der Waals surface area contributed by atoms with Crippen molar-refractivity contribution in [2.24, 2.45) is 0 Å². The average Bonchev–Trinajstić information content (AvgIpc) is 2.93. The number of anilines is 2. The van der Waals surface area contributed by atoms with Crippen LogP contribution in [-0.2, 0) is 14.9 Å². The van der Waals surface area contributed by atoms with Gasteiger partial charge in [-0.25, -0.2) is 4.98 Å². The molecule has 4 rings (SSSR count). The van der Waals surface area contributed by atoms with E-state index in [0.29, 0.717) is 43.0 Å². The predicted octanol–water partition coefficient (Wildman–Crippen LogP) is 3.94. The Balaban J connectivity index is 1.66. The Hall–Kier alpha value is -3.07. The molecule has 2 aliphatic heterocycles. The Morgan fingerprint density at radius 1 is 1.22 bits per heavy atom. The van der Waals surface area contributed by atoms with E-state index in [9.17, 15) is 18.4 Å². The van der Waals surface area contributed by atoms with E-state index in [4.69, 9.17) is 4.74 Å². The molecule has 170 valence electrons. The maximum absolute atomic E-state index is 13.3. The first-order valence-electron chi connectivity index (χ1n) is 10.4. The lowest BCUT2D eigenvalue weighted by atomic mass is 9.86. The van der Waals surface area contributed by atoms with Gasteiger partial charge in [-0.2, -0.15) is 8.78 Å². The van der Waals surface area contributed by atoms with Crippen LogP contribution < -0.4 is 15.0 Å². The number of ether oxygens (including phenoxy) is 2. The van der Waals surface area contributed by atoms with Crippen molar-refractivity contribution in [3.8, 4) is 5.75 Å². The quantitative estimate of drug-likeness (QED) is 0.754. The number of nitrogens with zero attached hydrogens (tertiary/aromatic N) is 2. The fraction of sp³-hybridized carbons (Fsp3) is 0.435. The Kier molecular flexibility index (Phi) is 5.62. The van der Waals surface area contributed by atoms with E-state index in [1.54, 1.807) is 26.0 Å². The van der Waals surface area contributed by atoms with Gasteiger partial charge in [0.1, 0.15) is 11.4 Å². The van der Waals surface area contributed by atoms with Gasteiger partial charge in [0.25, 0.3) is 5.91 Å². The Morgan fingerprint density at radius 2 is 1.94 bits per heavy atom. The normalized spacial score (nSPS) is 19.1. The second kappa shape index (κ2) is 8.12. The van der Waals surface area contributed by atoms with Crippen LogP contribution >= 0.6 is 0 Å². The van der Waals surface area contributed by atoms with Gasteiger partial charge < -0.3 is 14.8 Å². The summed E-state index contributed by atoms with van der Waals surface area (Å²) in [7, 11) is 0. The molecule has 2 aromatic rings. The zero-order chi connectivity index (χ0) is 23.1. The van der Waals surface area contributed by atoms with Crippen LogP contribution in [0.4, 0.5) is 20.2 Å². The van der Waals surface area contributed by atoms with Gasteiger partial charge in [0.15, 0.2) is 0 Å². The molecule has 2 aliphatic rings. The van der Waals surface area contributed by atoms with Crippen molar-refractivity contribution in [3.63, 3.8) is 0 Å². The lowest BCUT2D eigenvalue weighted by Gasteiger charge is -2.34. The third kappa shape index (κ3) is 4.04. The summed E-state index contributed by atoms with van der Waals surface area (Å²) in [4.78, 5) is 31.9. The van der Waals surface area contributed by atoms with Crippen molar-refractivity contribution in [1.29, 1.82) is 0 Å². The smallest absolute Gasteiger partial charge is 0.387 e. The van der Waals surface area contributed by atoms with Gasteiger partial charge in [0, 0.05) is 24.8 Å². The number of rotatable bonds is 5. The van der Waals surface area contributed by atoms with E-state index >= 15 is 0 Å². The maximum Gasteiger partial charge on any atom is 0.387 e. The van der Waals surface area contributed by atoms with Crippen molar-refractivity contribution < 1.29 is 27.8 Å². The summed E-state index contributed by atoms with van der Waals surface area (Å²) >= 11 is 0. The molecule has 0 saturated carbocycles. The summed E-state index contributed by atoms with van der Waals surface area (Å²) in [6.07, 6.45) is 2.89. The number of carbonyl (C=O) groups excluding carboxylic acids is 2. The number of aromatic nitrogens is 1. The molecular weight excluding hydrogens is 420 g/mol. The van der Waals surface area contributed by atoms with Crippen molar-refractivity contribution >= 4 is 23.2 Å². The summed E-state index contributed by atoms with van der Waals surface area (Å²) in [5, 5.41) is 3.04. The Bertz CT molecular complexity index is 1050. The van der Waals surface area contributed by atoms with Crippen LogP contribution in [0.1, 0.15) is 49.7 Å². The van der Waals surface area contributed by atoms with E-state index < -0.39 is 12.0 Å². The summed E-state index contributed by atoms with van der Waals surface area (Å²) in [5.41, 5.74) is 0.430. The fourth-order valence-electron chi connectivity index (χ4n) is 4.10. The van der Waals surface area contributed by atoms with Gasteiger partial charge in [-0.15, -0.1) is 0 Å². The van der Waals surface area contributed by atoms with Crippen LogP contribution in [0.3, 0.4) is 0 Å². The van der Waals surface area contributed by atoms with Crippen LogP contribution in [0.2, 0.25) is 0 Å².